The van der Waals surface area contributed by atoms with Crippen molar-refractivity contribution < 1.29 is 23.5 Å². The number of ether oxygens (including phenoxy) is 1. The highest BCUT2D eigenvalue weighted by Crippen LogP contribution is 2.51. The Balaban J connectivity index is 1.63. The minimum Gasteiger partial charge on any atom is -0.457 e. The molecule has 286 valence electrons. The monoisotopic (exact) mass is 772 g/mol. The molecule has 1 aliphatic rings. The molecule has 0 saturated carbocycles. The van der Waals surface area contributed by atoms with Crippen molar-refractivity contribution in [3.8, 4) is 0 Å². The second-order valence-electron chi connectivity index (χ2n) is 16.0. The number of carbonyl (C=O) groups excluding carboxylic acids is 3. The van der Waals surface area contributed by atoms with Gasteiger partial charge in [-0.3, -0.25) is 9.59 Å². The molecule has 1 amide bonds. The zero-order valence-electron chi connectivity index (χ0n) is 33.3. The van der Waals surface area contributed by atoms with Gasteiger partial charge in [0.1, 0.15) is 12.0 Å². The molecule has 5 aromatic rings. The minimum atomic E-state index is -3.16. The maximum absolute atomic E-state index is 15.2. The minimum absolute atomic E-state index is 0.00443. The number of fused-ring (bicyclic) bond motifs is 1. The molecular formula is C46H53N2O5PSi. The van der Waals surface area contributed by atoms with Crippen LogP contribution in [0.2, 0.25) is 18.1 Å². The zero-order valence-corrected chi connectivity index (χ0v) is 35.2. The summed E-state index contributed by atoms with van der Waals surface area (Å²) in [6.07, 6.45) is 1.02. The van der Waals surface area contributed by atoms with Gasteiger partial charge in [0.15, 0.2) is 14.1 Å². The van der Waals surface area contributed by atoms with E-state index in [2.05, 4.69) is 51.1 Å². The second-order valence-corrected chi connectivity index (χ2v) is 24.1. The van der Waals surface area contributed by atoms with Crippen molar-refractivity contribution in [3.05, 3.63) is 139 Å². The molecule has 1 aromatic heterocycles. The van der Waals surface area contributed by atoms with Gasteiger partial charge in [-0.15, -0.1) is 0 Å². The summed E-state index contributed by atoms with van der Waals surface area (Å²) in [6.45, 7) is 15.4. The molecule has 6 rings (SSSR count). The lowest BCUT2D eigenvalue weighted by Crippen LogP contribution is -2.69. The number of aromatic nitrogens is 1. The molecule has 1 fully saturated rings. The number of hydrogen-bond acceptors (Lipinski definition) is 5. The third-order valence-electron chi connectivity index (χ3n) is 11.6. The smallest absolute Gasteiger partial charge is 0.356 e. The summed E-state index contributed by atoms with van der Waals surface area (Å²) in [5.74, 6) is -1.66. The van der Waals surface area contributed by atoms with Crippen LogP contribution in [0.1, 0.15) is 50.2 Å². The van der Waals surface area contributed by atoms with Crippen molar-refractivity contribution in [1.82, 2.24) is 9.47 Å². The van der Waals surface area contributed by atoms with E-state index in [1.165, 1.54) is 6.08 Å². The number of likely N-dealkylation sites (tertiary alicyclic amines) is 1. The number of benzene rings is 4. The molecule has 55 heavy (non-hydrogen) atoms. The average Bonchev–Trinajstić information content (AvgIpc) is 3.45. The first-order valence-corrected chi connectivity index (χ1v) is 23.6. The first-order chi connectivity index (χ1) is 26.1. The summed E-state index contributed by atoms with van der Waals surface area (Å²) in [5, 5.41) is 3.52. The van der Waals surface area contributed by atoms with Gasteiger partial charge in [-0.2, -0.15) is 0 Å². The van der Waals surface area contributed by atoms with E-state index in [1.807, 2.05) is 130 Å². The molecule has 0 aliphatic carbocycles. The zero-order chi connectivity index (χ0) is 39.7. The van der Waals surface area contributed by atoms with Crippen molar-refractivity contribution in [2.24, 2.45) is 13.0 Å². The lowest BCUT2D eigenvalue weighted by atomic mass is 9.79. The standard InChI is InChI=1S/C46H53N2O5PSi/c1-10-28-52-45(51)44(54(36-20-14-11-15-21-36,37-22-16-12-17-23-37)38-24-18-13-19-25-38)48-40(42(43(48)50)33(3)53-55(8,9)46(4,5)6)31-41(49)34-26-27-39-35(30-34)29-32(2)47(39)7/h10-27,29-30,33,40,42H,1,28,31H2,2-9H3/t33-,40+,42+/m0/s1. The Kier molecular flexibility index (Phi) is 11.5. The highest BCUT2D eigenvalue weighted by atomic mass is 31.2. The Morgan fingerprint density at radius 1 is 0.873 bits per heavy atom. The van der Waals surface area contributed by atoms with E-state index in [0.717, 1.165) is 32.5 Å². The van der Waals surface area contributed by atoms with Crippen molar-refractivity contribution >= 4 is 65.1 Å². The lowest BCUT2D eigenvalue weighted by molar-refractivity contribution is -0.156. The van der Waals surface area contributed by atoms with Gasteiger partial charge >= 0.3 is 5.97 Å². The topological polar surface area (TPSA) is 77.8 Å². The lowest BCUT2D eigenvalue weighted by Gasteiger charge is -2.53. The van der Waals surface area contributed by atoms with Gasteiger partial charge in [0.05, 0.1) is 18.1 Å². The summed E-state index contributed by atoms with van der Waals surface area (Å²) in [4.78, 5) is 46.3. The maximum Gasteiger partial charge on any atom is 0.356 e. The second kappa shape index (κ2) is 15.8. The molecule has 1 saturated heterocycles. The quantitative estimate of drug-likeness (QED) is 0.0302. The average molecular weight is 773 g/mol. The Labute approximate surface area is 327 Å². The number of ketones is 1. The van der Waals surface area contributed by atoms with E-state index in [-0.39, 0.29) is 35.2 Å². The van der Waals surface area contributed by atoms with Crippen molar-refractivity contribution in [2.45, 2.75) is 71.3 Å². The number of Topliss-reactive ketones (excluding diaryl/α,β-unsaturated/α-hetero) is 1. The summed E-state index contributed by atoms with van der Waals surface area (Å²) in [5.41, 5.74) is 2.92. The van der Waals surface area contributed by atoms with E-state index in [0.29, 0.717) is 5.56 Å². The number of hydrogen-bond donors (Lipinski definition) is 0. The van der Waals surface area contributed by atoms with Crippen LogP contribution in [0.5, 0.6) is 0 Å². The largest absolute Gasteiger partial charge is 0.457 e. The van der Waals surface area contributed by atoms with Crippen LogP contribution >= 0.6 is 6.89 Å². The third kappa shape index (κ3) is 7.36. The van der Waals surface area contributed by atoms with Gasteiger partial charge in [-0.25, -0.2) is 4.79 Å². The first-order valence-electron chi connectivity index (χ1n) is 18.9. The van der Waals surface area contributed by atoms with Crippen molar-refractivity contribution in [2.75, 3.05) is 6.61 Å². The fourth-order valence-electron chi connectivity index (χ4n) is 7.61. The van der Waals surface area contributed by atoms with Crippen LogP contribution in [0.3, 0.4) is 0 Å². The SMILES string of the molecule is C=CCOC(=O)C(N1C(=O)[C@H]([C@H](C)O[Si](C)(C)C(C)(C)C)[C@H]1CC(=O)c1ccc2c(c1)cc(C)n2C)=P(c1ccccc1)(c1ccccc1)c1ccccc1. The van der Waals surface area contributed by atoms with Gasteiger partial charge in [0.25, 0.3) is 0 Å². The molecule has 9 heteroatoms. The van der Waals surface area contributed by atoms with Crippen LogP contribution in [0.15, 0.2) is 128 Å². The van der Waals surface area contributed by atoms with Crippen molar-refractivity contribution in [3.63, 3.8) is 0 Å². The highest BCUT2D eigenvalue weighted by Gasteiger charge is 2.57. The highest BCUT2D eigenvalue weighted by molar-refractivity contribution is 7.96. The van der Waals surface area contributed by atoms with Crippen LogP contribution in [0.4, 0.5) is 0 Å². The van der Waals surface area contributed by atoms with Crippen LogP contribution < -0.4 is 15.9 Å². The number of β-lactam (4-membered cyclic amide) rings is 1. The Bertz CT molecular complexity index is 2170. The molecule has 0 bridgehead atoms. The summed E-state index contributed by atoms with van der Waals surface area (Å²) in [6, 6.07) is 36.9. The molecule has 4 aromatic carbocycles. The number of aryl methyl sites for hydroxylation is 2. The summed E-state index contributed by atoms with van der Waals surface area (Å²) < 4.78 is 15.0. The molecule has 0 unspecified atom stereocenters. The summed E-state index contributed by atoms with van der Waals surface area (Å²) in [7, 11) is -0.344. The van der Waals surface area contributed by atoms with Gasteiger partial charge < -0.3 is 18.6 Å². The van der Waals surface area contributed by atoms with Crippen LogP contribution in [-0.4, -0.2) is 59.6 Å². The summed E-state index contributed by atoms with van der Waals surface area (Å²) >= 11 is 0. The van der Waals surface area contributed by atoms with E-state index < -0.39 is 39.2 Å². The van der Waals surface area contributed by atoms with Gasteiger partial charge in [-0.05, 0) is 72.2 Å². The van der Waals surface area contributed by atoms with E-state index in [4.69, 9.17) is 9.16 Å². The number of carbonyl (C=O) groups is 3. The van der Waals surface area contributed by atoms with Crippen LogP contribution in [0.25, 0.3) is 10.9 Å². The molecular weight excluding hydrogens is 720 g/mol. The van der Waals surface area contributed by atoms with Gasteiger partial charge in [0, 0.05) is 42.5 Å². The molecule has 7 nitrogen and oxygen atoms in total. The Hall–Kier alpha value is -4.75. The predicted octanol–water partition coefficient (Wildman–Crippen LogP) is 8.15. The van der Waals surface area contributed by atoms with E-state index in [9.17, 15) is 9.59 Å². The number of esters is 1. The Morgan fingerprint density at radius 2 is 1.40 bits per heavy atom. The number of nitrogens with zero attached hydrogens (tertiary/aromatic N) is 2. The van der Waals surface area contributed by atoms with E-state index >= 15 is 4.79 Å². The molecule has 0 spiro atoms. The van der Waals surface area contributed by atoms with Gasteiger partial charge in [0.2, 0.25) is 5.91 Å². The number of rotatable bonds is 13. The van der Waals surface area contributed by atoms with E-state index in [1.54, 1.807) is 4.90 Å². The van der Waals surface area contributed by atoms with Gasteiger partial charge in [-0.1, -0.05) is 124 Å². The van der Waals surface area contributed by atoms with Crippen molar-refractivity contribution in [1.29, 1.82) is 0 Å². The normalized spacial score (nSPS) is 16.7. The molecule has 0 radical (unpaired) electrons. The fourth-order valence-corrected chi connectivity index (χ4v) is 13.4. The first kappa shape index (κ1) is 39.9. The fraction of sp³-hybridized carbons (Fsp3) is 0.304. The third-order valence-corrected chi connectivity index (χ3v) is 20.4. The Morgan fingerprint density at radius 3 is 1.89 bits per heavy atom. The number of amides is 1. The molecule has 2 heterocycles. The van der Waals surface area contributed by atoms with Crippen LogP contribution in [0, 0.1) is 12.8 Å². The molecule has 0 N–H and O–H groups in total. The maximum atomic E-state index is 15.2. The predicted molar refractivity (Wildman–Crippen MR) is 230 cm³/mol. The van der Waals surface area contributed by atoms with Crippen LogP contribution in [-0.2, 0) is 25.8 Å². The molecule has 1 aliphatic heterocycles. The molecule has 3 atom stereocenters.